The molecule has 78 valence electrons. The number of nitrogens with zero attached hydrogens (tertiary/aromatic N) is 3. The average molecular weight is 266 g/mol. The van der Waals surface area contributed by atoms with Crippen molar-refractivity contribution >= 4 is 21.6 Å². The van der Waals surface area contributed by atoms with Crippen LogP contribution in [0.4, 0.5) is 0 Å². The summed E-state index contributed by atoms with van der Waals surface area (Å²) in [5, 5.41) is 0. The van der Waals surface area contributed by atoms with Gasteiger partial charge in [-0.05, 0) is 34.8 Å². The lowest BCUT2D eigenvalue weighted by atomic mass is 10.1. The van der Waals surface area contributed by atoms with Gasteiger partial charge in [0.25, 0.3) is 0 Å². The molecule has 2 aromatic heterocycles. The van der Waals surface area contributed by atoms with Crippen molar-refractivity contribution in [3.05, 3.63) is 28.9 Å². The van der Waals surface area contributed by atoms with Gasteiger partial charge in [0.15, 0.2) is 10.3 Å². The summed E-state index contributed by atoms with van der Waals surface area (Å²) in [7, 11) is 0. The van der Waals surface area contributed by atoms with E-state index in [-0.39, 0.29) is 0 Å². The fourth-order valence-electron chi connectivity index (χ4n) is 2.38. The molecule has 1 saturated carbocycles. The molecule has 0 bridgehead atoms. The van der Waals surface area contributed by atoms with E-state index in [2.05, 4.69) is 30.3 Å². The molecule has 0 spiro atoms. The molecule has 3 nitrogen and oxygen atoms in total. The molecule has 2 heterocycles. The summed E-state index contributed by atoms with van der Waals surface area (Å²) < 4.78 is 2.98. The molecule has 0 N–H and O–H groups in total. The molecular formula is C11H12BrN3. The van der Waals surface area contributed by atoms with E-state index in [0.717, 1.165) is 10.3 Å². The minimum absolute atomic E-state index is 0.619. The van der Waals surface area contributed by atoms with Gasteiger partial charge in [0.05, 0.1) is 0 Å². The van der Waals surface area contributed by atoms with Crippen LogP contribution in [-0.4, -0.2) is 14.4 Å². The standard InChI is InChI=1S/C11H12BrN3/c12-9-11-13-6-3-7-15(11)10(14-9)8-4-1-2-5-8/h3,6-8H,1-2,4-5H2. The van der Waals surface area contributed by atoms with E-state index in [4.69, 9.17) is 0 Å². The van der Waals surface area contributed by atoms with Crippen LogP contribution in [0.5, 0.6) is 0 Å². The largest absolute Gasteiger partial charge is 0.287 e. The molecule has 1 aliphatic carbocycles. The predicted molar refractivity (Wildman–Crippen MR) is 61.9 cm³/mol. The maximum absolute atomic E-state index is 4.59. The first-order valence-electron chi connectivity index (χ1n) is 5.35. The zero-order valence-corrected chi connectivity index (χ0v) is 9.94. The van der Waals surface area contributed by atoms with Crippen molar-refractivity contribution in [2.75, 3.05) is 0 Å². The van der Waals surface area contributed by atoms with Crippen LogP contribution in [0.1, 0.15) is 37.4 Å². The Bertz CT molecular complexity index is 486. The van der Waals surface area contributed by atoms with E-state index in [1.807, 2.05) is 12.3 Å². The van der Waals surface area contributed by atoms with E-state index in [1.165, 1.54) is 31.5 Å². The molecule has 0 aliphatic heterocycles. The second-order valence-electron chi connectivity index (χ2n) is 4.06. The highest BCUT2D eigenvalue weighted by Crippen LogP contribution is 2.34. The molecule has 4 heteroatoms. The molecular weight excluding hydrogens is 254 g/mol. The highest BCUT2D eigenvalue weighted by Gasteiger charge is 2.22. The van der Waals surface area contributed by atoms with Crippen LogP contribution < -0.4 is 0 Å². The summed E-state index contributed by atoms with van der Waals surface area (Å²) >= 11 is 3.47. The molecule has 15 heavy (non-hydrogen) atoms. The van der Waals surface area contributed by atoms with Gasteiger partial charge < -0.3 is 0 Å². The number of imidazole rings is 1. The van der Waals surface area contributed by atoms with Crippen molar-refractivity contribution in [2.24, 2.45) is 0 Å². The first-order valence-corrected chi connectivity index (χ1v) is 6.14. The summed E-state index contributed by atoms with van der Waals surface area (Å²) in [6.07, 6.45) is 9.05. The van der Waals surface area contributed by atoms with Gasteiger partial charge in [0, 0.05) is 18.3 Å². The summed E-state index contributed by atoms with van der Waals surface area (Å²) in [6, 6.07) is 1.96. The zero-order chi connectivity index (χ0) is 10.3. The van der Waals surface area contributed by atoms with E-state index in [0.29, 0.717) is 5.92 Å². The van der Waals surface area contributed by atoms with Crippen LogP contribution in [0.2, 0.25) is 0 Å². The molecule has 0 atom stereocenters. The molecule has 1 fully saturated rings. The maximum Gasteiger partial charge on any atom is 0.171 e. The van der Waals surface area contributed by atoms with Crippen LogP contribution in [0.15, 0.2) is 23.1 Å². The Morgan fingerprint density at radius 3 is 2.93 bits per heavy atom. The van der Waals surface area contributed by atoms with Crippen molar-refractivity contribution in [3.63, 3.8) is 0 Å². The molecule has 3 rings (SSSR count). The Morgan fingerprint density at radius 1 is 1.33 bits per heavy atom. The first-order chi connectivity index (χ1) is 7.36. The topological polar surface area (TPSA) is 30.2 Å². The Kier molecular flexibility index (Phi) is 2.24. The third-order valence-corrected chi connectivity index (χ3v) is 3.64. The SMILES string of the molecule is Brc1nc(C2CCCC2)n2cccnc12. The van der Waals surface area contributed by atoms with Gasteiger partial charge in [-0.15, -0.1) is 0 Å². The summed E-state index contributed by atoms with van der Waals surface area (Å²) in [5.41, 5.74) is 0.930. The normalized spacial score (nSPS) is 17.7. The maximum atomic E-state index is 4.59. The van der Waals surface area contributed by atoms with E-state index in [1.54, 1.807) is 6.20 Å². The molecule has 0 radical (unpaired) electrons. The van der Waals surface area contributed by atoms with Gasteiger partial charge in [-0.2, -0.15) is 0 Å². The molecule has 1 aliphatic rings. The minimum atomic E-state index is 0.619. The van der Waals surface area contributed by atoms with E-state index >= 15 is 0 Å². The second-order valence-corrected chi connectivity index (χ2v) is 4.81. The third-order valence-electron chi connectivity index (χ3n) is 3.11. The van der Waals surface area contributed by atoms with E-state index in [9.17, 15) is 0 Å². The van der Waals surface area contributed by atoms with Gasteiger partial charge >= 0.3 is 0 Å². The third kappa shape index (κ3) is 1.47. The fraction of sp³-hybridized carbons (Fsp3) is 0.455. The number of hydrogen-bond donors (Lipinski definition) is 0. The van der Waals surface area contributed by atoms with Gasteiger partial charge in [0.1, 0.15) is 5.82 Å². The fourth-order valence-corrected chi connectivity index (χ4v) is 2.86. The van der Waals surface area contributed by atoms with Gasteiger partial charge in [-0.3, -0.25) is 4.40 Å². The van der Waals surface area contributed by atoms with Crippen molar-refractivity contribution in [1.82, 2.24) is 14.4 Å². The molecule has 0 saturated heterocycles. The van der Waals surface area contributed by atoms with Crippen molar-refractivity contribution in [2.45, 2.75) is 31.6 Å². The number of rotatable bonds is 1. The lowest BCUT2D eigenvalue weighted by Crippen LogP contribution is -2.00. The lowest BCUT2D eigenvalue weighted by molar-refractivity contribution is 0.663. The highest BCUT2D eigenvalue weighted by atomic mass is 79.9. The average Bonchev–Trinajstić information content (AvgIpc) is 2.87. The molecule has 2 aromatic rings. The summed E-state index contributed by atoms with van der Waals surface area (Å²) in [5.74, 6) is 1.79. The number of halogens is 1. The summed E-state index contributed by atoms with van der Waals surface area (Å²) in [6.45, 7) is 0. The Balaban J connectivity index is 2.17. The van der Waals surface area contributed by atoms with E-state index < -0.39 is 0 Å². The number of fused-ring (bicyclic) bond motifs is 1. The first kappa shape index (κ1) is 9.33. The Hall–Kier alpha value is -0.900. The van der Waals surface area contributed by atoms with Crippen LogP contribution in [0, 0.1) is 0 Å². The minimum Gasteiger partial charge on any atom is -0.287 e. The quantitative estimate of drug-likeness (QED) is 0.793. The van der Waals surface area contributed by atoms with Gasteiger partial charge in [-0.25, -0.2) is 9.97 Å². The highest BCUT2D eigenvalue weighted by molar-refractivity contribution is 9.10. The molecule has 0 unspecified atom stereocenters. The van der Waals surface area contributed by atoms with Gasteiger partial charge in [-0.1, -0.05) is 12.8 Å². The second kappa shape index (κ2) is 3.59. The van der Waals surface area contributed by atoms with Crippen LogP contribution in [0.3, 0.4) is 0 Å². The smallest absolute Gasteiger partial charge is 0.171 e. The van der Waals surface area contributed by atoms with Gasteiger partial charge in [0.2, 0.25) is 0 Å². The monoisotopic (exact) mass is 265 g/mol. The molecule has 0 aromatic carbocycles. The molecule has 0 amide bonds. The number of aromatic nitrogens is 3. The summed E-state index contributed by atoms with van der Waals surface area (Å²) in [4.78, 5) is 8.92. The van der Waals surface area contributed by atoms with Crippen LogP contribution in [-0.2, 0) is 0 Å². The lowest BCUT2D eigenvalue weighted by Gasteiger charge is -2.06. The van der Waals surface area contributed by atoms with Crippen molar-refractivity contribution < 1.29 is 0 Å². The Morgan fingerprint density at radius 2 is 2.13 bits per heavy atom. The van der Waals surface area contributed by atoms with Crippen molar-refractivity contribution in [3.8, 4) is 0 Å². The van der Waals surface area contributed by atoms with Crippen molar-refractivity contribution in [1.29, 1.82) is 0 Å². The van der Waals surface area contributed by atoms with Crippen LogP contribution in [0.25, 0.3) is 5.65 Å². The predicted octanol–water partition coefficient (Wildman–Crippen LogP) is 3.15. The number of hydrogen-bond acceptors (Lipinski definition) is 2. The Labute approximate surface area is 96.7 Å². The zero-order valence-electron chi connectivity index (χ0n) is 8.36. The van der Waals surface area contributed by atoms with Crippen LogP contribution >= 0.6 is 15.9 Å².